The summed E-state index contributed by atoms with van der Waals surface area (Å²) in [5.41, 5.74) is 2.19. The molecule has 148 valence electrons. The van der Waals surface area contributed by atoms with Crippen molar-refractivity contribution in [1.29, 1.82) is 0 Å². The lowest BCUT2D eigenvalue weighted by Crippen LogP contribution is -2.48. The minimum absolute atomic E-state index is 0.202. The lowest BCUT2D eigenvalue weighted by Gasteiger charge is -2.36. The number of nitrogens with zero attached hydrogens (tertiary/aromatic N) is 2. The van der Waals surface area contributed by atoms with Gasteiger partial charge in [-0.25, -0.2) is 0 Å². The first kappa shape index (κ1) is 18.5. The molecule has 0 bridgehead atoms. The number of anilines is 1. The van der Waals surface area contributed by atoms with Crippen molar-refractivity contribution in [3.63, 3.8) is 0 Å². The van der Waals surface area contributed by atoms with Crippen molar-refractivity contribution in [1.82, 2.24) is 4.90 Å². The Kier molecular flexibility index (Phi) is 5.55. The molecule has 1 fully saturated rings. The Labute approximate surface area is 165 Å². The zero-order valence-electron chi connectivity index (χ0n) is 16.2. The Hall–Kier alpha value is -2.89. The quantitative estimate of drug-likeness (QED) is 0.796. The van der Waals surface area contributed by atoms with Gasteiger partial charge in [0.25, 0.3) is 0 Å². The number of hydrogen-bond acceptors (Lipinski definition) is 5. The zero-order chi connectivity index (χ0) is 19.3. The highest BCUT2D eigenvalue weighted by Crippen LogP contribution is 2.34. The molecule has 1 saturated heterocycles. The number of aryl methyl sites for hydroxylation is 1. The van der Waals surface area contributed by atoms with Gasteiger partial charge in [0.15, 0.2) is 11.5 Å². The smallest absolute Gasteiger partial charge is 0.223 e. The number of hydrogen-bond donors (Lipinski definition) is 0. The van der Waals surface area contributed by atoms with Gasteiger partial charge in [-0.05, 0) is 30.2 Å². The van der Waals surface area contributed by atoms with Gasteiger partial charge < -0.3 is 24.0 Å². The Bertz CT molecular complexity index is 831. The van der Waals surface area contributed by atoms with Gasteiger partial charge in [0.2, 0.25) is 5.91 Å². The maximum absolute atomic E-state index is 12.6. The van der Waals surface area contributed by atoms with Crippen LogP contribution in [-0.4, -0.2) is 57.3 Å². The molecule has 0 saturated carbocycles. The molecule has 0 unspecified atom stereocenters. The van der Waals surface area contributed by atoms with E-state index in [1.807, 2.05) is 41.3 Å². The maximum Gasteiger partial charge on any atom is 0.223 e. The minimum atomic E-state index is 0.202. The van der Waals surface area contributed by atoms with Crippen LogP contribution in [0.3, 0.4) is 0 Å². The van der Waals surface area contributed by atoms with E-state index in [1.54, 1.807) is 7.11 Å². The van der Waals surface area contributed by atoms with Crippen LogP contribution in [0.5, 0.6) is 17.2 Å². The number of amides is 1. The van der Waals surface area contributed by atoms with Gasteiger partial charge in [0, 0.05) is 44.4 Å². The largest absolute Gasteiger partial charge is 0.496 e. The van der Waals surface area contributed by atoms with Crippen molar-refractivity contribution in [2.45, 2.75) is 12.8 Å². The summed E-state index contributed by atoms with van der Waals surface area (Å²) in [6.45, 7) is 4.30. The SMILES string of the molecule is COc1ccccc1CCC(=O)N1CCN(c2ccc3c(c2)OCCO3)CC1. The highest BCUT2D eigenvalue weighted by atomic mass is 16.6. The number of carbonyl (C=O) groups excluding carboxylic acids is 1. The summed E-state index contributed by atoms with van der Waals surface area (Å²) in [6.07, 6.45) is 1.20. The second kappa shape index (κ2) is 8.42. The Morgan fingerprint density at radius 1 is 1.00 bits per heavy atom. The summed E-state index contributed by atoms with van der Waals surface area (Å²) in [6, 6.07) is 13.9. The van der Waals surface area contributed by atoms with Crippen molar-refractivity contribution < 1.29 is 19.0 Å². The molecule has 28 heavy (non-hydrogen) atoms. The zero-order valence-corrected chi connectivity index (χ0v) is 16.2. The van der Waals surface area contributed by atoms with Crippen molar-refractivity contribution in [3.8, 4) is 17.2 Å². The molecule has 0 aliphatic carbocycles. The van der Waals surface area contributed by atoms with Gasteiger partial charge in [-0.1, -0.05) is 18.2 Å². The number of fused-ring (bicyclic) bond motifs is 1. The highest BCUT2D eigenvalue weighted by molar-refractivity contribution is 5.77. The van der Waals surface area contributed by atoms with Crippen LogP contribution in [0.1, 0.15) is 12.0 Å². The van der Waals surface area contributed by atoms with Crippen LogP contribution < -0.4 is 19.1 Å². The van der Waals surface area contributed by atoms with Gasteiger partial charge in [-0.3, -0.25) is 4.79 Å². The molecule has 2 aromatic rings. The maximum atomic E-state index is 12.6. The third-order valence-electron chi connectivity index (χ3n) is 5.32. The number of benzene rings is 2. The van der Waals surface area contributed by atoms with Crippen LogP contribution in [0.25, 0.3) is 0 Å². The number of carbonyl (C=O) groups is 1. The van der Waals surface area contributed by atoms with Gasteiger partial charge in [0.1, 0.15) is 19.0 Å². The van der Waals surface area contributed by atoms with Crippen LogP contribution in [-0.2, 0) is 11.2 Å². The predicted octanol–water partition coefficient (Wildman–Crippen LogP) is 2.75. The second-order valence-electron chi connectivity index (χ2n) is 7.01. The summed E-state index contributed by atoms with van der Waals surface area (Å²) in [5.74, 6) is 2.66. The highest BCUT2D eigenvalue weighted by Gasteiger charge is 2.22. The molecule has 4 rings (SSSR count). The number of piperazine rings is 1. The first-order chi connectivity index (χ1) is 13.7. The molecule has 0 N–H and O–H groups in total. The summed E-state index contributed by atoms with van der Waals surface area (Å²) >= 11 is 0. The lowest BCUT2D eigenvalue weighted by atomic mass is 10.1. The van der Waals surface area contributed by atoms with E-state index in [1.165, 1.54) is 0 Å². The second-order valence-corrected chi connectivity index (χ2v) is 7.01. The summed E-state index contributed by atoms with van der Waals surface area (Å²) in [7, 11) is 1.66. The molecule has 2 aliphatic rings. The summed E-state index contributed by atoms with van der Waals surface area (Å²) in [5, 5.41) is 0. The fraction of sp³-hybridized carbons (Fsp3) is 0.409. The fourth-order valence-corrected chi connectivity index (χ4v) is 3.75. The molecule has 0 spiro atoms. The Morgan fingerprint density at radius 3 is 2.54 bits per heavy atom. The summed E-state index contributed by atoms with van der Waals surface area (Å²) in [4.78, 5) is 16.9. The molecule has 1 amide bonds. The van der Waals surface area contributed by atoms with E-state index in [-0.39, 0.29) is 5.91 Å². The van der Waals surface area contributed by atoms with Crippen LogP contribution in [0.4, 0.5) is 5.69 Å². The van der Waals surface area contributed by atoms with E-state index < -0.39 is 0 Å². The van der Waals surface area contributed by atoms with Gasteiger partial charge in [-0.2, -0.15) is 0 Å². The van der Waals surface area contributed by atoms with Crippen LogP contribution in [0, 0.1) is 0 Å². The predicted molar refractivity (Wildman–Crippen MR) is 108 cm³/mol. The van der Waals surface area contributed by atoms with E-state index in [2.05, 4.69) is 11.0 Å². The van der Waals surface area contributed by atoms with Crippen molar-refractivity contribution in [2.24, 2.45) is 0 Å². The van der Waals surface area contributed by atoms with E-state index in [0.717, 1.165) is 54.7 Å². The molecule has 6 nitrogen and oxygen atoms in total. The van der Waals surface area contributed by atoms with E-state index in [0.29, 0.717) is 26.1 Å². The normalized spacial score (nSPS) is 16.0. The molecule has 2 heterocycles. The van der Waals surface area contributed by atoms with Crippen LogP contribution in [0.2, 0.25) is 0 Å². The number of rotatable bonds is 5. The minimum Gasteiger partial charge on any atom is -0.496 e. The van der Waals surface area contributed by atoms with Crippen molar-refractivity contribution in [2.75, 3.05) is 51.4 Å². The van der Waals surface area contributed by atoms with Crippen molar-refractivity contribution >= 4 is 11.6 Å². The number of para-hydroxylation sites is 1. The third-order valence-corrected chi connectivity index (χ3v) is 5.32. The molecular weight excluding hydrogens is 356 g/mol. The average Bonchev–Trinajstić information content (AvgIpc) is 2.77. The number of methoxy groups -OCH3 is 1. The Morgan fingerprint density at radius 2 is 1.75 bits per heavy atom. The molecule has 0 atom stereocenters. The van der Waals surface area contributed by atoms with Gasteiger partial charge in [-0.15, -0.1) is 0 Å². The molecule has 0 aromatic heterocycles. The number of ether oxygens (including phenoxy) is 3. The molecular formula is C22H26N2O4. The molecule has 0 radical (unpaired) electrons. The fourth-order valence-electron chi connectivity index (χ4n) is 3.75. The monoisotopic (exact) mass is 382 g/mol. The standard InChI is InChI=1S/C22H26N2O4/c1-26-19-5-3-2-4-17(19)6-9-22(25)24-12-10-23(11-13-24)18-7-8-20-21(16-18)28-15-14-27-20/h2-5,7-8,16H,6,9-15H2,1H3. The van der Waals surface area contributed by atoms with Crippen LogP contribution in [0.15, 0.2) is 42.5 Å². The van der Waals surface area contributed by atoms with E-state index >= 15 is 0 Å². The first-order valence-electron chi connectivity index (χ1n) is 9.79. The molecule has 6 heteroatoms. The first-order valence-corrected chi connectivity index (χ1v) is 9.79. The molecule has 2 aromatic carbocycles. The van der Waals surface area contributed by atoms with E-state index in [4.69, 9.17) is 14.2 Å². The summed E-state index contributed by atoms with van der Waals surface area (Å²) < 4.78 is 16.6. The van der Waals surface area contributed by atoms with Gasteiger partial charge in [0.05, 0.1) is 7.11 Å². The van der Waals surface area contributed by atoms with Crippen molar-refractivity contribution in [3.05, 3.63) is 48.0 Å². The molecule has 2 aliphatic heterocycles. The van der Waals surface area contributed by atoms with Crippen LogP contribution >= 0.6 is 0 Å². The van der Waals surface area contributed by atoms with Gasteiger partial charge >= 0.3 is 0 Å². The average molecular weight is 382 g/mol. The van der Waals surface area contributed by atoms with E-state index in [9.17, 15) is 4.79 Å². The lowest BCUT2D eigenvalue weighted by molar-refractivity contribution is -0.131. The third kappa shape index (κ3) is 4.01. The topological polar surface area (TPSA) is 51.2 Å². The Balaban J connectivity index is 1.30.